The van der Waals surface area contributed by atoms with Crippen molar-refractivity contribution in [3.05, 3.63) is 93.0 Å². The number of nitrogens with zero attached hydrogens (tertiary/aromatic N) is 2. The molecule has 8 nitrogen and oxygen atoms in total. The van der Waals surface area contributed by atoms with Crippen LogP contribution in [0.25, 0.3) is 10.1 Å². The van der Waals surface area contributed by atoms with Crippen molar-refractivity contribution in [3.63, 3.8) is 0 Å². The Balaban J connectivity index is 1.50. The molecule has 0 atom stereocenters. The van der Waals surface area contributed by atoms with Gasteiger partial charge in [0.2, 0.25) is 0 Å². The van der Waals surface area contributed by atoms with Crippen LogP contribution in [0.4, 0.5) is 4.39 Å². The van der Waals surface area contributed by atoms with Crippen LogP contribution in [0, 0.1) is 5.82 Å². The van der Waals surface area contributed by atoms with Gasteiger partial charge in [-0.15, -0.1) is 11.3 Å². The summed E-state index contributed by atoms with van der Waals surface area (Å²) in [6, 6.07) is 16.0. The molecule has 4 aromatic rings. The van der Waals surface area contributed by atoms with E-state index in [0.29, 0.717) is 10.4 Å². The Labute approximate surface area is 203 Å². The fourth-order valence-electron chi connectivity index (χ4n) is 3.36. The van der Waals surface area contributed by atoms with Gasteiger partial charge in [0.05, 0.1) is 13.2 Å². The van der Waals surface area contributed by atoms with Gasteiger partial charge in [-0.2, -0.15) is 5.10 Å². The number of fused-ring (bicyclic) bond motifs is 1. The van der Waals surface area contributed by atoms with Crippen molar-refractivity contribution in [2.75, 3.05) is 13.2 Å². The second-order valence-corrected chi connectivity index (χ2v) is 8.31. The summed E-state index contributed by atoms with van der Waals surface area (Å²) in [7, 11) is 0. The van der Waals surface area contributed by atoms with Crippen molar-refractivity contribution in [2.45, 2.75) is 20.1 Å². The van der Waals surface area contributed by atoms with Crippen molar-refractivity contribution in [3.8, 4) is 5.75 Å². The maximum Gasteiger partial charge on any atom is 0.359 e. The summed E-state index contributed by atoms with van der Waals surface area (Å²) in [4.78, 5) is 37.4. The van der Waals surface area contributed by atoms with E-state index in [0.717, 1.165) is 16.0 Å². The highest BCUT2D eigenvalue weighted by Crippen LogP contribution is 2.34. The van der Waals surface area contributed by atoms with E-state index in [1.807, 2.05) is 18.2 Å². The van der Waals surface area contributed by atoms with Crippen LogP contribution in [0.2, 0.25) is 0 Å². The van der Waals surface area contributed by atoms with Crippen LogP contribution >= 0.6 is 11.3 Å². The first-order valence-electron chi connectivity index (χ1n) is 10.8. The number of aromatic nitrogens is 2. The van der Waals surface area contributed by atoms with E-state index in [1.165, 1.54) is 24.3 Å². The number of hydrogen-bond acceptors (Lipinski definition) is 8. The molecule has 2 aromatic carbocycles. The van der Waals surface area contributed by atoms with Crippen molar-refractivity contribution >= 4 is 33.4 Å². The molecule has 180 valence electrons. The summed E-state index contributed by atoms with van der Waals surface area (Å²) in [5.41, 5.74) is -0.296. The maximum atomic E-state index is 14.5. The first kappa shape index (κ1) is 24.1. The molecule has 10 heteroatoms. The fraction of sp³-hybridized carbons (Fsp3) is 0.200. The number of rotatable bonds is 9. The Morgan fingerprint density at radius 1 is 1.00 bits per heavy atom. The molecule has 0 saturated heterocycles. The number of ether oxygens (including phenoxy) is 3. The predicted octanol–water partition coefficient (Wildman–Crippen LogP) is 4.21. The minimum absolute atomic E-state index is 0.109. The van der Waals surface area contributed by atoms with E-state index in [2.05, 4.69) is 5.10 Å². The fourth-order valence-corrected chi connectivity index (χ4v) is 4.48. The van der Waals surface area contributed by atoms with Gasteiger partial charge in [0, 0.05) is 21.7 Å². The van der Waals surface area contributed by atoms with E-state index in [-0.39, 0.29) is 47.9 Å². The van der Waals surface area contributed by atoms with Crippen molar-refractivity contribution in [1.29, 1.82) is 0 Å². The van der Waals surface area contributed by atoms with Crippen LogP contribution in [0.3, 0.4) is 0 Å². The molecule has 0 N–H and O–H groups in total. The van der Waals surface area contributed by atoms with Gasteiger partial charge in [-0.05, 0) is 37.3 Å². The minimum atomic E-state index is -0.826. The number of thiophene rings is 1. The lowest BCUT2D eigenvalue weighted by Crippen LogP contribution is -2.27. The Bertz CT molecular complexity index is 1420. The van der Waals surface area contributed by atoms with E-state index in [1.54, 1.807) is 25.1 Å². The molecule has 35 heavy (non-hydrogen) atoms. The maximum absolute atomic E-state index is 14.5. The minimum Gasteiger partial charge on any atom is -0.492 e. The highest BCUT2D eigenvalue weighted by atomic mass is 32.1. The summed E-state index contributed by atoms with van der Waals surface area (Å²) >= 11 is 1.06. The zero-order chi connectivity index (χ0) is 24.8. The molecule has 0 saturated carbocycles. The zero-order valence-electron chi connectivity index (χ0n) is 18.7. The Kier molecular flexibility index (Phi) is 7.51. The van der Waals surface area contributed by atoms with Crippen LogP contribution in [0.15, 0.2) is 65.5 Å². The second-order valence-electron chi connectivity index (χ2n) is 7.26. The van der Waals surface area contributed by atoms with Gasteiger partial charge in [-0.1, -0.05) is 24.3 Å². The largest absolute Gasteiger partial charge is 0.492 e. The summed E-state index contributed by atoms with van der Waals surface area (Å²) in [6.07, 6.45) is 0. The van der Waals surface area contributed by atoms with Crippen LogP contribution < -0.4 is 10.3 Å². The highest BCUT2D eigenvalue weighted by Gasteiger charge is 2.23. The molecule has 0 unspecified atom stereocenters. The van der Waals surface area contributed by atoms with E-state index < -0.39 is 23.3 Å². The topological polar surface area (TPSA) is 96.7 Å². The Morgan fingerprint density at radius 2 is 1.80 bits per heavy atom. The monoisotopic (exact) mass is 496 g/mol. The third kappa shape index (κ3) is 5.55. The molecule has 0 spiro atoms. The van der Waals surface area contributed by atoms with Gasteiger partial charge in [0.1, 0.15) is 29.7 Å². The molecule has 0 fully saturated rings. The van der Waals surface area contributed by atoms with E-state index >= 15 is 0 Å². The lowest BCUT2D eigenvalue weighted by molar-refractivity contribution is 0.0446. The second kappa shape index (κ2) is 10.9. The lowest BCUT2D eigenvalue weighted by Gasteiger charge is -2.09. The number of para-hydroxylation sites is 1. The van der Waals surface area contributed by atoms with E-state index in [9.17, 15) is 18.8 Å². The number of carbonyl (C=O) groups excluding carboxylic acids is 2. The van der Waals surface area contributed by atoms with Crippen LogP contribution in [0.5, 0.6) is 5.75 Å². The Hall–Kier alpha value is -4.05. The number of esters is 2. The third-order valence-corrected chi connectivity index (χ3v) is 6.14. The molecule has 0 amide bonds. The molecule has 2 heterocycles. The van der Waals surface area contributed by atoms with Crippen LogP contribution in [-0.2, 0) is 22.6 Å². The average Bonchev–Trinajstić information content (AvgIpc) is 3.24. The number of carbonyl (C=O) groups is 2. The molecule has 0 bridgehead atoms. The first-order valence-corrected chi connectivity index (χ1v) is 11.6. The standard InChI is InChI=1S/C25H21FN2O6S/c1-2-32-25(31)23-17(22-18(26)9-6-10-20(22)35-23)15-34-24(30)19-11-12-21(29)28(27-19)13-14-33-16-7-4-3-5-8-16/h3-12H,2,13-15H2,1H3. The lowest BCUT2D eigenvalue weighted by atomic mass is 10.1. The summed E-state index contributed by atoms with van der Waals surface area (Å²) in [6.45, 7) is 1.72. The van der Waals surface area contributed by atoms with Crippen LogP contribution in [-0.4, -0.2) is 34.9 Å². The van der Waals surface area contributed by atoms with Crippen molar-refractivity contribution < 1.29 is 28.2 Å². The van der Waals surface area contributed by atoms with Crippen LogP contribution in [0.1, 0.15) is 32.6 Å². The molecule has 2 aromatic heterocycles. The molecular weight excluding hydrogens is 475 g/mol. The van der Waals surface area contributed by atoms with Gasteiger partial charge in [-0.25, -0.2) is 18.7 Å². The van der Waals surface area contributed by atoms with E-state index in [4.69, 9.17) is 14.2 Å². The predicted molar refractivity (Wildman–Crippen MR) is 127 cm³/mol. The van der Waals surface area contributed by atoms with Crippen molar-refractivity contribution in [1.82, 2.24) is 9.78 Å². The van der Waals surface area contributed by atoms with Gasteiger partial charge in [0.25, 0.3) is 5.56 Å². The number of halogens is 1. The Morgan fingerprint density at radius 3 is 2.57 bits per heavy atom. The quantitative estimate of drug-likeness (QED) is 0.320. The number of benzene rings is 2. The molecule has 0 aliphatic carbocycles. The molecule has 0 aliphatic rings. The van der Waals surface area contributed by atoms with Gasteiger partial charge in [-0.3, -0.25) is 4.79 Å². The molecular formula is C25H21FN2O6S. The summed E-state index contributed by atoms with van der Waals surface area (Å²) in [5.74, 6) is -1.34. The molecule has 0 radical (unpaired) electrons. The summed E-state index contributed by atoms with van der Waals surface area (Å²) < 4.78 is 32.2. The zero-order valence-corrected chi connectivity index (χ0v) is 19.5. The normalized spacial score (nSPS) is 10.8. The molecule has 0 aliphatic heterocycles. The SMILES string of the molecule is CCOC(=O)c1sc2cccc(F)c2c1COC(=O)c1ccc(=O)n(CCOc2ccccc2)n1. The van der Waals surface area contributed by atoms with Gasteiger partial charge >= 0.3 is 11.9 Å². The molecule has 4 rings (SSSR count). The third-order valence-electron chi connectivity index (χ3n) is 4.96. The smallest absolute Gasteiger partial charge is 0.359 e. The number of hydrogen-bond donors (Lipinski definition) is 0. The average molecular weight is 497 g/mol. The van der Waals surface area contributed by atoms with Crippen molar-refractivity contribution in [2.24, 2.45) is 0 Å². The van der Waals surface area contributed by atoms with Gasteiger partial charge < -0.3 is 14.2 Å². The summed E-state index contributed by atoms with van der Waals surface area (Å²) in [5, 5.41) is 4.26. The first-order chi connectivity index (χ1) is 17.0. The highest BCUT2D eigenvalue weighted by molar-refractivity contribution is 7.21. The van der Waals surface area contributed by atoms with Gasteiger partial charge in [0.15, 0.2) is 5.69 Å².